The average molecular weight is 459 g/mol. The third-order valence-corrected chi connectivity index (χ3v) is 7.74. The lowest BCUT2D eigenvalue weighted by Gasteiger charge is -2.16. The van der Waals surface area contributed by atoms with Crippen molar-refractivity contribution in [3.63, 3.8) is 0 Å². The summed E-state index contributed by atoms with van der Waals surface area (Å²) < 4.78 is 30.7. The number of benzene rings is 1. The lowest BCUT2D eigenvalue weighted by Crippen LogP contribution is -2.31. The molecule has 1 fully saturated rings. The van der Waals surface area contributed by atoms with E-state index in [1.54, 1.807) is 10.6 Å². The number of aryl methyl sites for hydroxylation is 3. The van der Waals surface area contributed by atoms with Crippen LogP contribution in [0, 0.1) is 20.8 Å². The Labute approximate surface area is 186 Å². The van der Waals surface area contributed by atoms with E-state index >= 15 is 0 Å². The van der Waals surface area contributed by atoms with Crippen LogP contribution in [0.1, 0.15) is 29.7 Å². The minimum atomic E-state index is -3.83. The molecule has 0 atom stereocenters. The topological polar surface area (TPSA) is 84.3 Å². The molecule has 4 rings (SSSR count). The molecule has 2 aromatic heterocycles. The van der Waals surface area contributed by atoms with Crippen LogP contribution in [0.4, 0.5) is 5.69 Å². The molecule has 0 bridgehead atoms. The predicted octanol–water partition coefficient (Wildman–Crippen LogP) is 3.96. The first-order valence-corrected chi connectivity index (χ1v) is 12.6. The van der Waals surface area contributed by atoms with Gasteiger partial charge in [0.15, 0.2) is 0 Å². The van der Waals surface area contributed by atoms with Crippen molar-refractivity contribution in [2.24, 2.45) is 0 Å². The summed E-state index contributed by atoms with van der Waals surface area (Å²) in [6.07, 6.45) is 3.55. The van der Waals surface area contributed by atoms with Gasteiger partial charge in [0.25, 0.3) is 10.0 Å². The summed E-state index contributed by atoms with van der Waals surface area (Å²) in [5.74, 6) is -0.00550. The highest BCUT2D eigenvalue weighted by molar-refractivity contribution is 7.92. The summed E-state index contributed by atoms with van der Waals surface area (Å²) in [5, 5.41) is 2.61. The maximum Gasteiger partial charge on any atom is 0.263 e. The van der Waals surface area contributed by atoms with Crippen LogP contribution in [-0.2, 0) is 21.4 Å². The van der Waals surface area contributed by atoms with Gasteiger partial charge >= 0.3 is 0 Å². The summed E-state index contributed by atoms with van der Waals surface area (Å²) in [6.45, 7) is 7.27. The van der Waals surface area contributed by atoms with Gasteiger partial charge in [-0.3, -0.25) is 9.52 Å². The van der Waals surface area contributed by atoms with Gasteiger partial charge in [0.1, 0.15) is 16.4 Å². The maximum atomic E-state index is 13.2. The van der Waals surface area contributed by atoms with Crippen molar-refractivity contribution < 1.29 is 13.2 Å². The fourth-order valence-electron chi connectivity index (χ4n) is 3.67. The highest BCUT2D eigenvalue weighted by Gasteiger charge is 2.24. The van der Waals surface area contributed by atoms with Gasteiger partial charge in [-0.1, -0.05) is 12.1 Å². The van der Waals surface area contributed by atoms with E-state index in [1.165, 1.54) is 17.5 Å². The summed E-state index contributed by atoms with van der Waals surface area (Å²) in [7, 11) is -3.83. The van der Waals surface area contributed by atoms with Gasteiger partial charge in [-0.25, -0.2) is 13.4 Å². The van der Waals surface area contributed by atoms with Crippen LogP contribution in [0.15, 0.2) is 40.7 Å². The van der Waals surface area contributed by atoms with E-state index in [2.05, 4.69) is 9.71 Å². The Kier molecular flexibility index (Phi) is 5.90. The summed E-state index contributed by atoms with van der Waals surface area (Å²) in [4.78, 5) is 19.2. The molecule has 0 aliphatic carbocycles. The van der Waals surface area contributed by atoms with Gasteiger partial charge in [-0.15, -0.1) is 11.3 Å². The number of likely N-dealkylation sites (tertiary alicyclic amines) is 1. The second kappa shape index (κ2) is 8.47. The predicted molar refractivity (Wildman–Crippen MR) is 123 cm³/mol. The van der Waals surface area contributed by atoms with Crippen molar-refractivity contribution in [3.8, 4) is 10.7 Å². The zero-order chi connectivity index (χ0) is 22.2. The zero-order valence-corrected chi connectivity index (χ0v) is 19.5. The molecule has 164 valence electrons. The quantitative estimate of drug-likeness (QED) is 0.606. The smallest absolute Gasteiger partial charge is 0.263 e. The largest absolute Gasteiger partial charge is 0.341 e. The highest BCUT2D eigenvalue weighted by atomic mass is 32.2. The first kappa shape index (κ1) is 21.6. The molecule has 1 amide bonds. The number of nitrogens with one attached hydrogen (secondary N) is 1. The number of carbonyl (C=O) groups is 1. The number of nitrogens with zero attached hydrogens (tertiary/aromatic N) is 3. The molecule has 0 spiro atoms. The second-order valence-corrected chi connectivity index (χ2v) is 10.5. The molecular formula is C22H26N4O3S2. The zero-order valence-electron chi connectivity index (χ0n) is 17.9. The minimum Gasteiger partial charge on any atom is -0.341 e. The van der Waals surface area contributed by atoms with E-state index in [1.807, 2.05) is 49.3 Å². The minimum absolute atomic E-state index is 0.00550. The van der Waals surface area contributed by atoms with E-state index in [9.17, 15) is 13.2 Å². The number of hydrogen-bond acceptors (Lipinski definition) is 5. The van der Waals surface area contributed by atoms with Crippen LogP contribution in [0.2, 0.25) is 0 Å². The van der Waals surface area contributed by atoms with Crippen LogP contribution >= 0.6 is 11.3 Å². The average Bonchev–Trinajstić information content (AvgIpc) is 3.45. The molecule has 0 saturated carbocycles. The Hall–Kier alpha value is -2.65. The molecule has 1 saturated heterocycles. The van der Waals surface area contributed by atoms with Gasteiger partial charge < -0.3 is 9.47 Å². The van der Waals surface area contributed by atoms with E-state index in [0.717, 1.165) is 42.8 Å². The summed E-state index contributed by atoms with van der Waals surface area (Å²) >= 11 is 1.44. The number of thiazole rings is 1. The van der Waals surface area contributed by atoms with Crippen LogP contribution < -0.4 is 4.72 Å². The van der Waals surface area contributed by atoms with E-state index in [4.69, 9.17) is 0 Å². The Bertz CT molecular complexity index is 1220. The molecule has 0 unspecified atom stereocenters. The number of anilines is 1. The third-order valence-electron chi connectivity index (χ3n) is 5.42. The van der Waals surface area contributed by atoms with Gasteiger partial charge in [0.2, 0.25) is 5.91 Å². The van der Waals surface area contributed by atoms with Crippen molar-refractivity contribution in [1.82, 2.24) is 14.5 Å². The first-order chi connectivity index (χ1) is 14.7. The standard InChI is InChI=1S/C22H26N4O3S2/c1-15-6-7-16(2)19(10-15)24-31(28,29)18-11-20(22-23-17(3)14-30-22)26(12-18)13-21(27)25-8-4-5-9-25/h6-7,10-12,14,24H,4-5,8-9,13H2,1-3H3. The lowest BCUT2D eigenvalue weighted by molar-refractivity contribution is -0.130. The first-order valence-electron chi connectivity index (χ1n) is 10.2. The molecule has 3 heterocycles. The Morgan fingerprint density at radius 1 is 1.16 bits per heavy atom. The van der Waals surface area contributed by atoms with E-state index in [0.29, 0.717) is 16.4 Å². The molecule has 1 N–H and O–H groups in total. The highest BCUT2D eigenvalue weighted by Crippen LogP contribution is 2.29. The van der Waals surface area contributed by atoms with E-state index < -0.39 is 10.0 Å². The summed E-state index contributed by atoms with van der Waals surface area (Å²) in [5.41, 5.74) is 3.85. The molecule has 1 aromatic carbocycles. The lowest BCUT2D eigenvalue weighted by atomic mass is 10.1. The van der Waals surface area contributed by atoms with Gasteiger partial charge in [-0.05, 0) is 56.9 Å². The number of carbonyl (C=O) groups excluding carboxylic acids is 1. The molecule has 0 radical (unpaired) electrons. The van der Waals surface area contributed by atoms with Gasteiger partial charge in [0.05, 0.1) is 11.4 Å². The van der Waals surface area contributed by atoms with E-state index in [-0.39, 0.29) is 17.3 Å². The molecule has 1 aliphatic rings. The fourth-order valence-corrected chi connectivity index (χ4v) is 5.66. The molecule has 31 heavy (non-hydrogen) atoms. The third kappa shape index (κ3) is 4.67. The maximum absolute atomic E-state index is 13.2. The van der Waals surface area contributed by atoms with Crippen molar-refractivity contribution in [1.29, 1.82) is 0 Å². The van der Waals surface area contributed by atoms with Crippen LogP contribution in [-0.4, -0.2) is 41.9 Å². The molecule has 7 nitrogen and oxygen atoms in total. The molecular weight excluding hydrogens is 432 g/mol. The van der Waals surface area contributed by atoms with Crippen molar-refractivity contribution in [2.75, 3.05) is 17.8 Å². The molecule has 9 heteroatoms. The Morgan fingerprint density at radius 2 is 1.90 bits per heavy atom. The Balaban J connectivity index is 1.69. The van der Waals surface area contributed by atoms with Crippen LogP contribution in [0.3, 0.4) is 0 Å². The number of hydrogen-bond donors (Lipinski definition) is 1. The number of sulfonamides is 1. The van der Waals surface area contributed by atoms with Gasteiger partial charge in [-0.2, -0.15) is 0 Å². The number of aromatic nitrogens is 2. The van der Waals surface area contributed by atoms with Gasteiger partial charge in [0, 0.05) is 30.4 Å². The van der Waals surface area contributed by atoms with Crippen molar-refractivity contribution in [2.45, 2.75) is 45.1 Å². The normalized spacial score (nSPS) is 14.2. The Morgan fingerprint density at radius 3 is 2.58 bits per heavy atom. The SMILES string of the molecule is Cc1ccc(C)c(NS(=O)(=O)c2cc(-c3nc(C)cs3)n(CC(=O)N3CCCC3)c2)c1. The monoisotopic (exact) mass is 458 g/mol. The molecule has 3 aromatic rings. The second-order valence-electron chi connectivity index (χ2n) is 7.99. The van der Waals surface area contributed by atoms with Crippen LogP contribution in [0.25, 0.3) is 10.7 Å². The number of amides is 1. The molecule has 1 aliphatic heterocycles. The number of rotatable bonds is 6. The van der Waals surface area contributed by atoms with Crippen molar-refractivity contribution in [3.05, 3.63) is 52.7 Å². The van der Waals surface area contributed by atoms with Crippen LogP contribution in [0.5, 0.6) is 0 Å². The summed E-state index contributed by atoms with van der Waals surface area (Å²) in [6, 6.07) is 7.24. The van der Waals surface area contributed by atoms with Crippen molar-refractivity contribution >= 4 is 33.0 Å². The fraction of sp³-hybridized carbons (Fsp3) is 0.364.